The van der Waals surface area contributed by atoms with Gasteiger partial charge >= 0.3 is 0 Å². The molecule has 1 aromatic carbocycles. The summed E-state index contributed by atoms with van der Waals surface area (Å²) < 4.78 is 11.0. The number of aromatic nitrogens is 2. The van der Waals surface area contributed by atoms with Crippen LogP contribution in [0.4, 0.5) is 0 Å². The number of hydrogen-bond donors (Lipinski definition) is 1. The van der Waals surface area contributed by atoms with Crippen molar-refractivity contribution in [3.05, 3.63) is 48.9 Å². The molecule has 1 heterocycles. The zero-order valence-corrected chi connectivity index (χ0v) is 11.4. The normalized spacial score (nSPS) is 10.6. The Hall–Kier alpha value is -1.98. The van der Waals surface area contributed by atoms with Gasteiger partial charge in [-0.25, -0.2) is 0 Å². The van der Waals surface area contributed by atoms with Crippen LogP contribution < -0.4 is 5.32 Å². The number of ether oxygens (including phenoxy) is 1. The van der Waals surface area contributed by atoms with Gasteiger partial charge in [0.25, 0.3) is 0 Å². The fourth-order valence-corrected chi connectivity index (χ4v) is 1.63. The number of rotatable bonds is 9. The third-order valence-electron chi connectivity index (χ3n) is 2.65. The second-order valence-corrected chi connectivity index (χ2v) is 4.23. The quantitative estimate of drug-likeness (QED) is 0.561. The Morgan fingerprint density at radius 3 is 2.85 bits per heavy atom. The minimum atomic E-state index is 0.546. The topological polar surface area (TPSA) is 60.2 Å². The van der Waals surface area contributed by atoms with Crippen molar-refractivity contribution in [3.63, 3.8) is 0 Å². The highest BCUT2D eigenvalue weighted by Crippen LogP contribution is 2.16. The Labute approximate surface area is 118 Å². The molecule has 0 saturated carbocycles. The van der Waals surface area contributed by atoms with Crippen molar-refractivity contribution in [1.29, 1.82) is 0 Å². The van der Waals surface area contributed by atoms with Crippen molar-refractivity contribution in [3.8, 4) is 11.5 Å². The summed E-state index contributed by atoms with van der Waals surface area (Å²) in [4.78, 5) is 0. The summed E-state index contributed by atoms with van der Waals surface area (Å²) in [6.07, 6.45) is 2.72. The average Bonchev–Trinajstić information content (AvgIpc) is 2.96. The lowest BCUT2D eigenvalue weighted by Crippen LogP contribution is -2.19. The van der Waals surface area contributed by atoms with E-state index in [1.807, 2.05) is 36.4 Å². The molecule has 0 radical (unpaired) electrons. The van der Waals surface area contributed by atoms with Crippen LogP contribution in [0.5, 0.6) is 0 Å². The van der Waals surface area contributed by atoms with Crippen LogP contribution in [0, 0.1) is 0 Å². The standard InChI is InChI=1S/C15H19N3O2/c1-2-3-10-19-11-9-16-12-14-17-18-15(20-14)13-7-5-4-6-8-13/h2,4-8,16H,1,3,9-12H2. The molecule has 20 heavy (non-hydrogen) atoms. The summed E-state index contributed by atoms with van der Waals surface area (Å²) in [6.45, 7) is 6.31. The van der Waals surface area contributed by atoms with Gasteiger partial charge in [0.1, 0.15) is 0 Å². The lowest BCUT2D eigenvalue weighted by atomic mass is 10.2. The van der Waals surface area contributed by atoms with Gasteiger partial charge in [-0.15, -0.1) is 16.8 Å². The van der Waals surface area contributed by atoms with E-state index in [0.29, 0.717) is 31.5 Å². The predicted octanol–water partition coefficient (Wildman–Crippen LogP) is 2.42. The highest BCUT2D eigenvalue weighted by molar-refractivity contribution is 5.51. The van der Waals surface area contributed by atoms with E-state index in [9.17, 15) is 0 Å². The molecule has 1 N–H and O–H groups in total. The predicted molar refractivity (Wildman–Crippen MR) is 77.1 cm³/mol. The minimum absolute atomic E-state index is 0.546. The molecule has 0 spiro atoms. The Bertz CT molecular complexity index is 511. The Balaban J connectivity index is 1.70. The number of hydrogen-bond acceptors (Lipinski definition) is 5. The molecule has 0 amide bonds. The van der Waals surface area contributed by atoms with Crippen LogP contribution in [-0.2, 0) is 11.3 Å². The van der Waals surface area contributed by atoms with Gasteiger partial charge in [-0.05, 0) is 18.6 Å². The van der Waals surface area contributed by atoms with Crippen molar-refractivity contribution in [2.45, 2.75) is 13.0 Å². The van der Waals surface area contributed by atoms with Gasteiger partial charge in [-0.2, -0.15) is 0 Å². The van der Waals surface area contributed by atoms with Crippen LogP contribution in [0.1, 0.15) is 12.3 Å². The van der Waals surface area contributed by atoms with Crippen molar-refractivity contribution >= 4 is 0 Å². The van der Waals surface area contributed by atoms with Crippen molar-refractivity contribution in [1.82, 2.24) is 15.5 Å². The molecule has 0 fully saturated rings. The molecule has 0 aliphatic carbocycles. The third kappa shape index (κ3) is 4.60. The first-order chi connectivity index (χ1) is 9.90. The van der Waals surface area contributed by atoms with Crippen LogP contribution >= 0.6 is 0 Å². The van der Waals surface area contributed by atoms with Crippen LogP contribution in [0.25, 0.3) is 11.5 Å². The van der Waals surface area contributed by atoms with E-state index in [2.05, 4.69) is 22.1 Å². The largest absolute Gasteiger partial charge is 0.419 e. The molecule has 2 rings (SSSR count). The fraction of sp³-hybridized carbons (Fsp3) is 0.333. The molecule has 2 aromatic rings. The average molecular weight is 273 g/mol. The van der Waals surface area contributed by atoms with E-state index >= 15 is 0 Å². The van der Waals surface area contributed by atoms with Gasteiger partial charge in [0.2, 0.25) is 11.8 Å². The first kappa shape index (κ1) is 14.4. The highest BCUT2D eigenvalue weighted by atomic mass is 16.5. The number of nitrogens with one attached hydrogen (secondary N) is 1. The zero-order valence-electron chi connectivity index (χ0n) is 11.4. The molecule has 0 bridgehead atoms. The maximum Gasteiger partial charge on any atom is 0.247 e. The number of nitrogens with zero attached hydrogens (tertiary/aromatic N) is 2. The Kier molecular flexibility index (Phi) is 5.95. The van der Waals surface area contributed by atoms with Crippen LogP contribution in [0.15, 0.2) is 47.4 Å². The molecule has 0 unspecified atom stereocenters. The zero-order chi connectivity index (χ0) is 14.0. The lowest BCUT2D eigenvalue weighted by Gasteiger charge is -2.02. The van der Waals surface area contributed by atoms with Crippen LogP contribution in [0.2, 0.25) is 0 Å². The summed E-state index contributed by atoms with van der Waals surface area (Å²) >= 11 is 0. The van der Waals surface area contributed by atoms with Gasteiger partial charge in [0.05, 0.1) is 19.8 Å². The lowest BCUT2D eigenvalue weighted by molar-refractivity contribution is 0.140. The van der Waals surface area contributed by atoms with E-state index in [1.165, 1.54) is 0 Å². The van der Waals surface area contributed by atoms with Gasteiger partial charge in [-0.1, -0.05) is 24.3 Å². The van der Waals surface area contributed by atoms with Gasteiger partial charge in [0, 0.05) is 12.1 Å². The summed E-state index contributed by atoms with van der Waals surface area (Å²) in [5, 5.41) is 11.2. The van der Waals surface area contributed by atoms with E-state index in [1.54, 1.807) is 0 Å². The Morgan fingerprint density at radius 1 is 1.20 bits per heavy atom. The van der Waals surface area contributed by atoms with E-state index < -0.39 is 0 Å². The molecule has 0 aliphatic heterocycles. The summed E-state index contributed by atoms with van der Waals surface area (Å²) in [7, 11) is 0. The highest BCUT2D eigenvalue weighted by Gasteiger charge is 2.07. The van der Waals surface area contributed by atoms with E-state index in [0.717, 1.165) is 18.5 Å². The van der Waals surface area contributed by atoms with Crippen molar-refractivity contribution in [2.75, 3.05) is 19.8 Å². The summed E-state index contributed by atoms with van der Waals surface area (Å²) in [5.74, 6) is 1.12. The first-order valence-electron chi connectivity index (χ1n) is 6.67. The second-order valence-electron chi connectivity index (χ2n) is 4.23. The van der Waals surface area contributed by atoms with Gasteiger partial charge < -0.3 is 14.5 Å². The monoisotopic (exact) mass is 273 g/mol. The molecule has 0 aliphatic rings. The van der Waals surface area contributed by atoms with Crippen molar-refractivity contribution in [2.24, 2.45) is 0 Å². The molecular formula is C15H19N3O2. The van der Waals surface area contributed by atoms with Crippen molar-refractivity contribution < 1.29 is 9.15 Å². The molecule has 106 valence electrons. The van der Waals surface area contributed by atoms with Gasteiger partial charge in [0.15, 0.2) is 0 Å². The molecule has 0 saturated heterocycles. The van der Waals surface area contributed by atoms with Crippen LogP contribution in [-0.4, -0.2) is 30.0 Å². The SMILES string of the molecule is C=CCCOCCNCc1nnc(-c2ccccc2)o1. The smallest absolute Gasteiger partial charge is 0.247 e. The Morgan fingerprint density at radius 2 is 2.05 bits per heavy atom. The second kappa shape index (κ2) is 8.24. The maximum atomic E-state index is 5.58. The van der Waals surface area contributed by atoms with E-state index in [-0.39, 0.29) is 0 Å². The van der Waals surface area contributed by atoms with Crippen LogP contribution in [0.3, 0.4) is 0 Å². The molecule has 5 heteroatoms. The van der Waals surface area contributed by atoms with Gasteiger partial charge in [-0.3, -0.25) is 0 Å². The molecular weight excluding hydrogens is 254 g/mol. The molecule has 0 atom stereocenters. The summed E-state index contributed by atoms with van der Waals surface area (Å²) in [5.41, 5.74) is 0.930. The fourth-order valence-electron chi connectivity index (χ4n) is 1.63. The maximum absolute atomic E-state index is 5.58. The summed E-state index contributed by atoms with van der Waals surface area (Å²) in [6, 6.07) is 9.72. The third-order valence-corrected chi connectivity index (χ3v) is 2.65. The van der Waals surface area contributed by atoms with E-state index in [4.69, 9.17) is 9.15 Å². The molecule has 1 aromatic heterocycles. The molecule has 5 nitrogen and oxygen atoms in total. The minimum Gasteiger partial charge on any atom is -0.419 e. The first-order valence-corrected chi connectivity index (χ1v) is 6.67. The number of benzene rings is 1.